The number of benzene rings is 3. The fourth-order valence-electron chi connectivity index (χ4n) is 4.33. The van der Waals surface area contributed by atoms with E-state index in [2.05, 4.69) is 58.4 Å². The van der Waals surface area contributed by atoms with Crippen molar-refractivity contribution in [1.82, 2.24) is 4.57 Å². The molecule has 5 rings (SSSR count). The largest absolute Gasteiger partial charge is 0.298 e. The van der Waals surface area contributed by atoms with Crippen LogP contribution in [-0.2, 0) is 11.2 Å². The summed E-state index contributed by atoms with van der Waals surface area (Å²) in [7, 11) is 0. The van der Waals surface area contributed by atoms with Crippen molar-refractivity contribution < 1.29 is 4.79 Å². The van der Waals surface area contributed by atoms with Gasteiger partial charge in [0.25, 0.3) is 5.56 Å². The number of rotatable bonds is 4. The highest BCUT2D eigenvalue weighted by molar-refractivity contribution is 9.10. The number of Topliss-reactive ketones (excluding diaryl/α,β-unsaturated/α-hetero) is 1. The van der Waals surface area contributed by atoms with Gasteiger partial charge in [0.05, 0.1) is 5.03 Å². The highest BCUT2D eigenvalue weighted by Crippen LogP contribution is 2.42. The van der Waals surface area contributed by atoms with Gasteiger partial charge in [0, 0.05) is 21.9 Å². The Labute approximate surface area is 193 Å². The normalized spacial score (nSPS) is 15.2. The Morgan fingerprint density at radius 1 is 1.03 bits per heavy atom. The first kappa shape index (κ1) is 20.3. The molecule has 3 nitrogen and oxygen atoms in total. The minimum atomic E-state index is -0.395. The number of fused-ring (bicyclic) bond motifs is 2. The third kappa shape index (κ3) is 3.66. The predicted molar refractivity (Wildman–Crippen MR) is 131 cm³/mol. The summed E-state index contributed by atoms with van der Waals surface area (Å²) in [5, 5.41) is 3.28. The summed E-state index contributed by atoms with van der Waals surface area (Å²) in [5.74, 6) is 0.628. The Kier molecular flexibility index (Phi) is 5.32. The van der Waals surface area contributed by atoms with Gasteiger partial charge in [0.15, 0.2) is 5.78 Å². The molecule has 1 aromatic heterocycles. The van der Waals surface area contributed by atoms with E-state index in [1.807, 2.05) is 24.3 Å². The minimum absolute atomic E-state index is 0.0249. The molecule has 0 fully saturated rings. The van der Waals surface area contributed by atoms with E-state index in [9.17, 15) is 9.59 Å². The SMILES string of the molecule is CC(=O)[C@@H]1CSc2c(-c3ccc(Br)cc3)c(Cc3cccc4ccccc34)cc(=O)n21. The maximum atomic E-state index is 13.1. The van der Waals surface area contributed by atoms with Crippen LogP contribution in [0, 0.1) is 0 Å². The van der Waals surface area contributed by atoms with E-state index in [-0.39, 0.29) is 11.3 Å². The molecule has 0 amide bonds. The average Bonchev–Trinajstić information content (AvgIpc) is 3.21. The molecule has 1 aliphatic rings. The van der Waals surface area contributed by atoms with Gasteiger partial charge in [-0.3, -0.25) is 14.2 Å². The maximum Gasteiger partial charge on any atom is 0.252 e. The van der Waals surface area contributed by atoms with E-state index >= 15 is 0 Å². The first-order valence-electron chi connectivity index (χ1n) is 10.2. The molecule has 0 unspecified atom stereocenters. The van der Waals surface area contributed by atoms with Crippen molar-refractivity contribution in [2.24, 2.45) is 0 Å². The number of halogens is 1. The van der Waals surface area contributed by atoms with Crippen molar-refractivity contribution in [3.63, 3.8) is 0 Å². The van der Waals surface area contributed by atoms with Crippen LogP contribution in [0.3, 0.4) is 0 Å². The van der Waals surface area contributed by atoms with Crippen LogP contribution in [0.1, 0.15) is 24.1 Å². The molecule has 2 heterocycles. The van der Waals surface area contributed by atoms with Gasteiger partial charge in [0.1, 0.15) is 6.04 Å². The van der Waals surface area contributed by atoms with Gasteiger partial charge in [-0.2, -0.15) is 0 Å². The lowest BCUT2D eigenvalue weighted by molar-refractivity contribution is -0.119. The average molecular weight is 490 g/mol. The Bertz CT molecular complexity index is 1370. The lowest BCUT2D eigenvalue weighted by atomic mass is 9.93. The van der Waals surface area contributed by atoms with Crippen LogP contribution in [0.4, 0.5) is 0 Å². The van der Waals surface area contributed by atoms with Gasteiger partial charge in [-0.15, -0.1) is 11.8 Å². The van der Waals surface area contributed by atoms with Crippen molar-refractivity contribution >= 4 is 44.2 Å². The molecule has 0 saturated carbocycles. The third-order valence-electron chi connectivity index (χ3n) is 5.84. The molecule has 0 spiro atoms. The second kappa shape index (κ2) is 8.13. The molecular formula is C26H20BrNO2S. The van der Waals surface area contributed by atoms with Gasteiger partial charge >= 0.3 is 0 Å². The molecule has 4 aromatic rings. The standard InChI is InChI=1S/C26H20BrNO2S/c1-16(29)23-15-31-26-25(18-9-11-21(27)12-10-18)20(14-24(30)28(23)26)13-19-7-4-6-17-5-2-3-8-22(17)19/h2-12,14,23H,13,15H2,1H3/t23-/m0/s1. The van der Waals surface area contributed by atoms with Gasteiger partial charge in [0.2, 0.25) is 0 Å². The predicted octanol–water partition coefficient (Wildman–Crippen LogP) is 6.26. The van der Waals surface area contributed by atoms with E-state index < -0.39 is 6.04 Å². The van der Waals surface area contributed by atoms with Crippen LogP contribution in [0.25, 0.3) is 21.9 Å². The van der Waals surface area contributed by atoms with E-state index in [4.69, 9.17) is 0 Å². The number of hydrogen-bond donors (Lipinski definition) is 0. The number of ketones is 1. The van der Waals surface area contributed by atoms with Crippen molar-refractivity contribution in [3.05, 3.63) is 98.7 Å². The fraction of sp³-hybridized carbons (Fsp3) is 0.154. The Morgan fingerprint density at radius 2 is 1.77 bits per heavy atom. The zero-order valence-electron chi connectivity index (χ0n) is 17.0. The molecule has 0 N–H and O–H groups in total. The molecular weight excluding hydrogens is 470 g/mol. The molecule has 0 bridgehead atoms. The van der Waals surface area contributed by atoms with E-state index in [0.717, 1.165) is 26.2 Å². The molecule has 0 radical (unpaired) electrons. The van der Waals surface area contributed by atoms with E-state index in [1.54, 1.807) is 29.3 Å². The molecule has 5 heteroatoms. The minimum Gasteiger partial charge on any atom is -0.298 e. The quantitative estimate of drug-likeness (QED) is 0.339. The fourth-order valence-corrected chi connectivity index (χ4v) is 6.05. The highest BCUT2D eigenvalue weighted by Gasteiger charge is 2.31. The maximum absolute atomic E-state index is 13.1. The summed E-state index contributed by atoms with van der Waals surface area (Å²) in [6.07, 6.45) is 0.654. The highest BCUT2D eigenvalue weighted by atomic mass is 79.9. The number of carbonyl (C=O) groups is 1. The van der Waals surface area contributed by atoms with Crippen LogP contribution < -0.4 is 5.56 Å². The molecule has 1 aliphatic heterocycles. The molecule has 31 heavy (non-hydrogen) atoms. The van der Waals surface area contributed by atoms with E-state index in [0.29, 0.717) is 12.2 Å². The smallest absolute Gasteiger partial charge is 0.252 e. The summed E-state index contributed by atoms with van der Waals surface area (Å²) in [6, 6.07) is 24.1. The lowest BCUT2D eigenvalue weighted by Crippen LogP contribution is -2.28. The Balaban J connectivity index is 1.74. The van der Waals surface area contributed by atoms with Crippen molar-refractivity contribution in [3.8, 4) is 11.1 Å². The third-order valence-corrected chi connectivity index (χ3v) is 7.53. The van der Waals surface area contributed by atoms with Gasteiger partial charge in [-0.25, -0.2) is 0 Å². The summed E-state index contributed by atoms with van der Waals surface area (Å²) in [6.45, 7) is 1.57. The van der Waals surface area contributed by atoms with Gasteiger partial charge < -0.3 is 0 Å². The number of pyridine rings is 1. The molecule has 1 atom stereocenters. The molecule has 3 aromatic carbocycles. The van der Waals surface area contributed by atoms with Gasteiger partial charge in [-0.1, -0.05) is 70.5 Å². The number of hydrogen-bond acceptors (Lipinski definition) is 3. The topological polar surface area (TPSA) is 39.1 Å². The molecule has 0 aliphatic carbocycles. The number of aromatic nitrogens is 1. The Hall–Kier alpha value is -2.63. The monoisotopic (exact) mass is 489 g/mol. The van der Waals surface area contributed by atoms with Crippen molar-refractivity contribution in [1.29, 1.82) is 0 Å². The summed E-state index contributed by atoms with van der Waals surface area (Å²) in [5.41, 5.74) is 4.18. The second-order valence-electron chi connectivity index (χ2n) is 7.82. The number of carbonyl (C=O) groups excluding carboxylic acids is 1. The lowest BCUT2D eigenvalue weighted by Gasteiger charge is -2.18. The first-order chi connectivity index (χ1) is 15.0. The van der Waals surface area contributed by atoms with Crippen molar-refractivity contribution in [2.45, 2.75) is 24.4 Å². The molecule has 154 valence electrons. The first-order valence-corrected chi connectivity index (χ1v) is 11.9. The van der Waals surface area contributed by atoms with Crippen LogP contribution in [0.5, 0.6) is 0 Å². The number of thioether (sulfide) groups is 1. The second-order valence-corrected chi connectivity index (χ2v) is 9.74. The summed E-state index contributed by atoms with van der Waals surface area (Å²) >= 11 is 5.12. The van der Waals surface area contributed by atoms with Crippen LogP contribution in [-0.4, -0.2) is 16.1 Å². The summed E-state index contributed by atoms with van der Waals surface area (Å²) < 4.78 is 2.70. The van der Waals surface area contributed by atoms with Crippen molar-refractivity contribution in [2.75, 3.05) is 5.75 Å². The Morgan fingerprint density at radius 3 is 2.55 bits per heavy atom. The van der Waals surface area contributed by atoms with Gasteiger partial charge in [-0.05, 0) is 52.9 Å². The zero-order chi connectivity index (χ0) is 21.5. The molecule has 0 saturated heterocycles. The summed E-state index contributed by atoms with van der Waals surface area (Å²) in [4.78, 5) is 25.3. The van der Waals surface area contributed by atoms with E-state index in [1.165, 1.54) is 16.3 Å². The van der Waals surface area contributed by atoms with Crippen LogP contribution in [0.2, 0.25) is 0 Å². The van der Waals surface area contributed by atoms with Crippen LogP contribution >= 0.6 is 27.7 Å². The van der Waals surface area contributed by atoms with Crippen LogP contribution in [0.15, 0.2) is 87.1 Å². The zero-order valence-corrected chi connectivity index (χ0v) is 19.4. The number of nitrogens with zero attached hydrogens (tertiary/aromatic N) is 1.